The number of tetrazole rings is 1. The molecule has 1 aliphatic rings. The van der Waals surface area contributed by atoms with Crippen LogP contribution >= 0.6 is 45.5 Å². The van der Waals surface area contributed by atoms with Gasteiger partial charge in [-0.1, -0.05) is 0 Å². The van der Waals surface area contributed by atoms with Crippen molar-refractivity contribution in [2.75, 3.05) is 0 Å². The summed E-state index contributed by atoms with van der Waals surface area (Å²) in [5.41, 5.74) is 0.693. The van der Waals surface area contributed by atoms with Crippen LogP contribution in [0.2, 0.25) is 0 Å². The molecular formula is C6H2I2N6. The number of hydrogen-bond donors (Lipinski definition) is 0. The molecule has 0 radical (unpaired) electrons. The summed E-state index contributed by atoms with van der Waals surface area (Å²) in [7, 11) is 0. The first-order valence-electron chi connectivity index (χ1n) is 3.45. The Morgan fingerprint density at radius 1 is 1.43 bits per heavy atom. The Morgan fingerprint density at radius 3 is 3.00 bits per heavy atom. The van der Waals surface area contributed by atoms with E-state index in [-0.39, 0.29) is 0 Å². The summed E-state index contributed by atoms with van der Waals surface area (Å²) >= 11 is 4.12. The summed E-state index contributed by atoms with van der Waals surface area (Å²) in [6, 6.07) is 0. The second kappa shape index (κ2) is 4.28. The Kier molecular flexibility index (Phi) is 3.03. The SMILES string of the molecule is IC1=C(c2nnnn2I)N=CN=C=C1. The van der Waals surface area contributed by atoms with Gasteiger partial charge in [0.25, 0.3) is 0 Å². The minimum Gasteiger partial charge on any atom is -0.231 e. The van der Waals surface area contributed by atoms with E-state index in [1.165, 1.54) is 9.23 Å². The molecule has 0 aliphatic carbocycles. The minimum atomic E-state index is 0.599. The standard InChI is InChI=1S/C6H2I2N6/c7-4-1-2-9-3-10-5(4)6-11-12-13-14(6)8/h1,3H. The molecule has 1 aromatic rings. The molecule has 0 aromatic carbocycles. The third kappa shape index (κ3) is 1.91. The van der Waals surface area contributed by atoms with E-state index in [1.807, 2.05) is 22.9 Å². The molecule has 70 valence electrons. The van der Waals surface area contributed by atoms with Crippen LogP contribution in [0.25, 0.3) is 5.70 Å². The van der Waals surface area contributed by atoms with Crippen molar-refractivity contribution in [3.8, 4) is 0 Å². The van der Waals surface area contributed by atoms with Crippen molar-refractivity contribution < 1.29 is 0 Å². The van der Waals surface area contributed by atoms with Crippen LogP contribution in [0.5, 0.6) is 0 Å². The first-order chi connectivity index (χ1) is 6.79. The van der Waals surface area contributed by atoms with Gasteiger partial charge in [-0.25, -0.2) is 4.99 Å². The van der Waals surface area contributed by atoms with Gasteiger partial charge in [0.2, 0.25) is 5.82 Å². The van der Waals surface area contributed by atoms with Crippen molar-refractivity contribution in [1.29, 1.82) is 0 Å². The van der Waals surface area contributed by atoms with Gasteiger partial charge >= 0.3 is 0 Å². The Balaban J connectivity index is 2.55. The Bertz CT molecular complexity index is 478. The van der Waals surface area contributed by atoms with Crippen LogP contribution in [0.15, 0.2) is 19.6 Å². The Labute approximate surface area is 107 Å². The first kappa shape index (κ1) is 9.93. The van der Waals surface area contributed by atoms with Crippen LogP contribution in [0, 0.1) is 0 Å². The maximum Gasteiger partial charge on any atom is 0.211 e. The molecule has 0 atom stereocenters. The average molecular weight is 412 g/mol. The fraction of sp³-hybridized carbons (Fsp3) is 0. The third-order valence-corrected chi connectivity index (χ3v) is 2.85. The van der Waals surface area contributed by atoms with Gasteiger partial charge in [-0.3, -0.25) is 0 Å². The number of halogens is 2. The fourth-order valence-electron chi connectivity index (χ4n) is 0.820. The highest BCUT2D eigenvalue weighted by Crippen LogP contribution is 2.24. The monoisotopic (exact) mass is 412 g/mol. The lowest BCUT2D eigenvalue weighted by atomic mass is 10.4. The van der Waals surface area contributed by atoms with E-state index < -0.39 is 0 Å². The van der Waals surface area contributed by atoms with E-state index in [9.17, 15) is 0 Å². The average Bonchev–Trinajstić information content (AvgIpc) is 2.46. The summed E-state index contributed by atoms with van der Waals surface area (Å²) in [6.07, 6.45) is 3.15. The summed E-state index contributed by atoms with van der Waals surface area (Å²) in [4.78, 5) is 7.91. The highest BCUT2D eigenvalue weighted by atomic mass is 127. The zero-order valence-corrected chi connectivity index (χ0v) is 10.9. The van der Waals surface area contributed by atoms with Crippen molar-refractivity contribution in [3.63, 3.8) is 0 Å². The molecule has 0 bridgehead atoms. The van der Waals surface area contributed by atoms with Gasteiger partial charge < -0.3 is 0 Å². The predicted molar refractivity (Wildman–Crippen MR) is 68.7 cm³/mol. The van der Waals surface area contributed by atoms with E-state index >= 15 is 0 Å². The molecule has 0 amide bonds. The van der Waals surface area contributed by atoms with Gasteiger partial charge in [-0.15, -0.1) is 5.10 Å². The molecular weight excluding hydrogens is 410 g/mol. The molecule has 2 heterocycles. The van der Waals surface area contributed by atoms with Gasteiger partial charge in [0.1, 0.15) is 12.0 Å². The lowest BCUT2D eigenvalue weighted by molar-refractivity contribution is 0.870. The summed E-state index contributed by atoms with van der Waals surface area (Å²) < 4.78 is 2.43. The number of hydrogen-bond acceptors (Lipinski definition) is 5. The largest absolute Gasteiger partial charge is 0.231 e. The molecule has 0 unspecified atom stereocenters. The topological polar surface area (TPSA) is 68.3 Å². The molecule has 8 heteroatoms. The van der Waals surface area contributed by atoms with Crippen LogP contribution in [-0.4, -0.2) is 30.6 Å². The van der Waals surface area contributed by atoms with Gasteiger partial charge in [-0.05, 0) is 38.9 Å². The summed E-state index contributed by atoms with van der Waals surface area (Å²) in [6.45, 7) is 0. The van der Waals surface area contributed by atoms with Crippen molar-refractivity contribution in [2.24, 2.45) is 9.98 Å². The maximum atomic E-state index is 4.13. The Hall–Kier alpha value is -0.610. The highest BCUT2D eigenvalue weighted by molar-refractivity contribution is 14.1. The lowest BCUT2D eigenvalue weighted by Crippen LogP contribution is -1.92. The third-order valence-electron chi connectivity index (χ3n) is 1.38. The van der Waals surface area contributed by atoms with Crippen LogP contribution in [0.4, 0.5) is 0 Å². The molecule has 0 fully saturated rings. The quantitative estimate of drug-likeness (QED) is 0.653. The molecule has 0 N–H and O–H groups in total. The van der Waals surface area contributed by atoms with Gasteiger partial charge in [0.15, 0.2) is 0 Å². The van der Waals surface area contributed by atoms with Crippen molar-refractivity contribution in [2.45, 2.75) is 0 Å². The Morgan fingerprint density at radius 2 is 2.29 bits per heavy atom. The first-order valence-corrected chi connectivity index (χ1v) is 5.49. The second-order valence-electron chi connectivity index (χ2n) is 2.21. The van der Waals surface area contributed by atoms with E-state index in [2.05, 4.69) is 54.0 Å². The summed E-state index contributed by atoms with van der Waals surface area (Å²) in [5.74, 6) is 3.31. The van der Waals surface area contributed by atoms with Crippen LogP contribution < -0.4 is 0 Å². The van der Waals surface area contributed by atoms with E-state index in [1.54, 1.807) is 6.08 Å². The van der Waals surface area contributed by atoms with E-state index in [0.717, 1.165) is 3.58 Å². The van der Waals surface area contributed by atoms with Gasteiger partial charge in [0, 0.05) is 6.08 Å². The molecule has 2 rings (SSSR count). The normalized spacial score (nSPS) is 15.0. The molecule has 0 saturated carbocycles. The second-order valence-corrected chi connectivity index (χ2v) is 4.28. The number of rotatable bonds is 1. The maximum absolute atomic E-state index is 4.13. The molecule has 0 spiro atoms. The molecule has 1 aromatic heterocycles. The smallest absolute Gasteiger partial charge is 0.211 e. The van der Waals surface area contributed by atoms with Crippen LogP contribution in [-0.2, 0) is 0 Å². The zero-order valence-electron chi connectivity index (χ0n) is 6.59. The number of aliphatic imine (C=N–C) groups is 2. The summed E-state index contributed by atoms with van der Waals surface area (Å²) in [5, 5.41) is 11.1. The lowest BCUT2D eigenvalue weighted by Gasteiger charge is -1.97. The van der Waals surface area contributed by atoms with Crippen molar-refractivity contribution in [3.05, 3.63) is 15.5 Å². The van der Waals surface area contributed by atoms with Gasteiger partial charge in [0.05, 0.1) is 26.4 Å². The van der Waals surface area contributed by atoms with E-state index in [0.29, 0.717) is 11.5 Å². The molecule has 6 nitrogen and oxygen atoms in total. The molecule has 1 aliphatic heterocycles. The van der Waals surface area contributed by atoms with Crippen LogP contribution in [0.3, 0.4) is 0 Å². The van der Waals surface area contributed by atoms with E-state index in [4.69, 9.17) is 0 Å². The highest BCUT2D eigenvalue weighted by Gasteiger charge is 2.12. The predicted octanol–water partition coefficient (Wildman–Crippen LogP) is 1.24. The zero-order chi connectivity index (χ0) is 9.97. The van der Waals surface area contributed by atoms with Crippen molar-refractivity contribution in [1.82, 2.24) is 18.4 Å². The number of allylic oxidation sites excluding steroid dienone is 2. The number of nitrogens with zero attached hydrogens (tertiary/aromatic N) is 6. The van der Waals surface area contributed by atoms with Gasteiger partial charge in [-0.2, -0.15) is 7.89 Å². The minimum absolute atomic E-state index is 0.599. The van der Waals surface area contributed by atoms with Crippen molar-refractivity contribution >= 4 is 63.4 Å². The fourth-order valence-corrected chi connectivity index (χ4v) is 1.75. The molecule has 14 heavy (non-hydrogen) atoms. The van der Waals surface area contributed by atoms with Crippen LogP contribution in [0.1, 0.15) is 5.82 Å². The molecule has 0 saturated heterocycles. The number of aromatic nitrogens is 4.